The summed E-state index contributed by atoms with van der Waals surface area (Å²) in [5.41, 5.74) is 2.59. The van der Waals surface area contributed by atoms with Crippen LogP contribution in [0.3, 0.4) is 0 Å². The standard InChI is InChI=1S/C16H22O/c1-14(2)12-13-16(17)11-7-6-10-15-8-4-3-5-9-15/h3-5,8-9,12H,6-7,10-11,13H2,1-2H3. The van der Waals surface area contributed by atoms with Crippen molar-refractivity contribution in [1.29, 1.82) is 0 Å². The third-order valence-electron chi connectivity index (χ3n) is 2.75. The van der Waals surface area contributed by atoms with Gasteiger partial charge >= 0.3 is 0 Å². The molecule has 0 saturated heterocycles. The molecule has 0 spiro atoms. The van der Waals surface area contributed by atoms with E-state index >= 15 is 0 Å². The lowest BCUT2D eigenvalue weighted by molar-refractivity contribution is -0.118. The van der Waals surface area contributed by atoms with Crippen LogP contribution in [0.1, 0.15) is 45.1 Å². The predicted molar refractivity (Wildman–Crippen MR) is 73.1 cm³/mol. The summed E-state index contributed by atoms with van der Waals surface area (Å²) in [5.74, 6) is 0.360. The normalized spacial score (nSPS) is 10.0. The highest BCUT2D eigenvalue weighted by Crippen LogP contribution is 2.07. The average Bonchev–Trinajstić information content (AvgIpc) is 2.33. The number of rotatable bonds is 7. The van der Waals surface area contributed by atoms with E-state index in [-0.39, 0.29) is 0 Å². The van der Waals surface area contributed by atoms with Crippen molar-refractivity contribution in [3.8, 4) is 0 Å². The molecule has 0 aromatic heterocycles. The second-order valence-electron chi connectivity index (χ2n) is 4.72. The number of allylic oxidation sites excluding steroid dienone is 2. The van der Waals surface area contributed by atoms with E-state index in [1.54, 1.807) is 0 Å². The number of Topliss-reactive ketones (excluding diaryl/α,β-unsaturated/α-hetero) is 1. The van der Waals surface area contributed by atoms with E-state index in [0.717, 1.165) is 25.7 Å². The fourth-order valence-electron chi connectivity index (χ4n) is 1.72. The lowest BCUT2D eigenvalue weighted by atomic mass is 10.0. The van der Waals surface area contributed by atoms with E-state index in [9.17, 15) is 4.79 Å². The molecule has 17 heavy (non-hydrogen) atoms. The first-order valence-electron chi connectivity index (χ1n) is 6.37. The highest BCUT2D eigenvalue weighted by Gasteiger charge is 1.99. The summed E-state index contributed by atoms with van der Waals surface area (Å²) in [6.45, 7) is 4.06. The van der Waals surface area contributed by atoms with Gasteiger partial charge in [0.15, 0.2) is 0 Å². The Labute approximate surface area is 105 Å². The van der Waals surface area contributed by atoms with E-state index in [1.165, 1.54) is 11.1 Å². The molecule has 0 amide bonds. The van der Waals surface area contributed by atoms with Gasteiger partial charge in [-0.2, -0.15) is 0 Å². The summed E-state index contributed by atoms with van der Waals surface area (Å²) in [6, 6.07) is 10.5. The summed E-state index contributed by atoms with van der Waals surface area (Å²) >= 11 is 0. The monoisotopic (exact) mass is 230 g/mol. The Morgan fingerprint density at radius 1 is 1.12 bits per heavy atom. The Kier molecular flexibility index (Phi) is 6.31. The van der Waals surface area contributed by atoms with Crippen molar-refractivity contribution in [2.24, 2.45) is 0 Å². The van der Waals surface area contributed by atoms with Crippen molar-refractivity contribution in [2.45, 2.75) is 46.0 Å². The Bertz CT molecular complexity index is 358. The van der Waals surface area contributed by atoms with Gasteiger partial charge in [-0.3, -0.25) is 4.79 Å². The van der Waals surface area contributed by atoms with Crippen LogP contribution in [0.2, 0.25) is 0 Å². The molecule has 0 unspecified atom stereocenters. The number of benzene rings is 1. The number of carbonyl (C=O) groups excluding carboxylic acids is 1. The highest BCUT2D eigenvalue weighted by molar-refractivity contribution is 5.79. The molecular weight excluding hydrogens is 208 g/mol. The van der Waals surface area contributed by atoms with E-state index in [2.05, 4.69) is 24.3 Å². The molecular formula is C16H22O. The lowest BCUT2D eigenvalue weighted by Crippen LogP contribution is -1.96. The number of ketones is 1. The van der Waals surface area contributed by atoms with Gasteiger partial charge in [-0.15, -0.1) is 0 Å². The lowest BCUT2D eigenvalue weighted by Gasteiger charge is -2.01. The van der Waals surface area contributed by atoms with Crippen molar-refractivity contribution < 1.29 is 4.79 Å². The topological polar surface area (TPSA) is 17.1 Å². The molecule has 0 saturated carbocycles. The van der Waals surface area contributed by atoms with E-state index in [0.29, 0.717) is 12.2 Å². The minimum atomic E-state index is 0.360. The summed E-state index contributed by atoms with van der Waals surface area (Å²) in [4.78, 5) is 11.5. The van der Waals surface area contributed by atoms with Crippen molar-refractivity contribution in [1.82, 2.24) is 0 Å². The van der Waals surface area contributed by atoms with Crippen molar-refractivity contribution in [2.75, 3.05) is 0 Å². The molecule has 0 fully saturated rings. The van der Waals surface area contributed by atoms with Crippen LogP contribution in [-0.4, -0.2) is 5.78 Å². The predicted octanol–water partition coefficient (Wildman–Crippen LogP) is 4.32. The van der Waals surface area contributed by atoms with Crippen LogP contribution in [0.15, 0.2) is 42.0 Å². The fraction of sp³-hybridized carbons (Fsp3) is 0.438. The van der Waals surface area contributed by atoms with Crippen LogP contribution in [0.25, 0.3) is 0 Å². The SMILES string of the molecule is CC(C)=CCC(=O)CCCCc1ccccc1. The summed E-state index contributed by atoms with van der Waals surface area (Å²) in [5, 5.41) is 0. The van der Waals surface area contributed by atoms with Crippen LogP contribution < -0.4 is 0 Å². The van der Waals surface area contributed by atoms with Crippen LogP contribution in [0.4, 0.5) is 0 Å². The number of aryl methyl sites for hydroxylation is 1. The molecule has 0 radical (unpaired) electrons. The molecule has 0 atom stereocenters. The van der Waals surface area contributed by atoms with E-state index < -0.39 is 0 Å². The molecule has 0 aliphatic heterocycles. The number of hydrogen-bond donors (Lipinski definition) is 0. The van der Waals surface area contributed by atoms with Gasteiger partial charge in [-0.05, 0) is 38.7 Å². The Morgan fingerprint density at radius 3 is 2.47 bits per heavy atom. The maximum atomic E-state index is 11.5. The maximum Gasteiger partial charge on any atom is 0.136 e. The second kappa shape index (κ2) is 7.83. The van der Waals surface area contributed by atoms with Gasteiger partial charge in [0.25, 0.3) is 0 Å². The first kappa shape index (κ1) is 13.7. The third kappa shape index (κ3) is 6.72. The molecule has 1 aromatic rings. The summed E-state index contributed by atoms with van der Waals surface area (Å²) < 4.78 is 0. The number of hydrogen-bond acceptors (Lipinski definition) is 1. The molecule has 1 heteroatoms. The Morgan fingerprint density at radius 2 is 1.82 bits per heavy atom. The molecule has 0 N–H and O–H groups in total. The van der Waals surface area contributed by atoms with Crippen molar-refractivity contribution in [3.05, 3.63) is 47.5 Å². The number of carbonyl (C=O) groups is 1. The molecule has 92 valence electrons. The van der Waals surface area contributed by atoms with Gasteiger partial charge < -0.3 is 0 Å². The smallest absolute Gasteiger partial charge is 0.136 e. The van der Waals surface area contributed by atoms with Crippen LogP contribution in [0.5, 0.6) is 0 Å². The quantitative estimate of drug-likeness (QED) is 0.503. The minimum absolute atomic E-state index is 0.360. The van der Waals surface area contributed by atoms with Gasteiger partial charge in [-0.25, -0.2) is 0 Å². The van der Waals surface area contributed by atoms with Crippen LogP contribution in [-0.2, 0) is 11.2 Å². The van der Waals surface area contributed by atoms with Gasteiger partial charge in [0, 0.05) is 12.8 Å². The maximum absolute atomic E-state index is 11.5. The van der Waals surface area contributed by atoms with Crippen LogP contribution in [0, 0.1) is 0 Å². The first-order valence-corrected chi connectivity index (χ1v) is 6.37. The number of unbranched alkanes of at least 4 members (excludes halogenated alkanes) is 1. The van der Waals surface area contributed by atoms with Gasteiger partial charge in [0.2, 0.25) is 0 Å². The van der Waals surface area contributed by atoms with E-state index in [4.69, 9.17) is 0 Å². The second-order valence-corrected chi connectivity index (χ2v) is 4.72. The Balaban J connectivity index is 2.12. The van der Waals surface area contributed by atoms with Crippen LogP contribution >= 0.6 is 0 Å². The average molecular weight is 230 g/mol. The van der Waals surface area contributed by atoms with Gasteiger partial charge in [0.1, 0.15) is 5.78 Å². The zero-order valence-electron chi connectivity index (χ0n) is 10.9. The molecule has 1 aromatic carbocycles. The summed E-state index contributed by atoms with van der Waals surface area (Å²) in [7, 11) is 0. The zero-order chi connectivity index (χ0) is 12.5. The molecule has 1 nitrogen and oxygen atoms in total. The first-order chi connectivity index (χ1) is 8.18. The third-order valence-corrected chi connectivity index (χ3v) is 2.75. The minimum Gasteiger partial charge on any atom is -0.299 e. The molecule has 0 aliphatic rings. The highest BCUT2D eigenvalue weighted by atomic mass is 16.1. The molecule has 0 bridgehead atoms. The Hall–Kier alpha value is -1.37. The van der Waals surface area contributed by atoms with Crippen molar-refractivity contribution >= 4 is 5.78 Å². The van der Waals surface area contributed by atoms with Gasteiger partial charge in [-0.1, -0.05) is 42.0 Å². The van der Waals surface area contributed by atoms with E-state index in [1.807, 2.05) is 26.0 Å². The summed E-state index contributed by atoms with van der Waals surface area (Å²) in [6.07, 6.45) is 6.52. The molecule has 0 heterocycles. The molecule has 1 rings (SSSR count). The zero-order valence-corrected chi connectivity index (χ0v) is 10.9. The van der Waals surface area contributed by atoms with Crippen molar-refractivity contribution in [3.63, 3.8) is 0 Å². The fourth-order valence-corrected chi connectivity index (χ4v) is 1.72. The largest absolute Gasteiger partial charge is 0.299 e. The van der Waals surface area contributed by atoms with Gasteiger partial charge in [0.05, 0.1) is 0 Å². The molecule has 0 aliphatic carbocycles.